The van der Waals surface area contributed by atoms with E-state index in [2.05, 4.69) is 15.8 Å². The Hall–Kier alpha value is -3.64. The molecule has 0 saturated heterocycles. The highest BCUT2D eigenvalue weighted by Crippen LogP contribution is 2.18. The highest BCUT2D eigenvalue weighted by atomic mass is 35.5. The third-order valence-electron chi connectivity index (χ3n) is 4.08. The van der Waals surface area contributed by atoms with Gasteiger partial charge in [-0.15, -0.1) is 0 Å². The average molecular weight is 422 g/mol. The number of carbonyl (C=O) groups is 2. The van der Waals surface area contributed by atoms with E-state index in [4.69, 9.17) is 16.3 Å². The first-order valence-corrected chi connectivity index (χ1v) is 9.61. The van der Waals surface area contributed by atoms with Crippen molar-refractivity contribution in [3.8, 4) is 5.75 Å². The van der Waals surface area contributed by atoms with Gasteiger partial charge in [0.1, 0.15) is 12.4 Å². The van der Waals surface area contributed by atoms with Crippen molar-refractivity contribution in [2.24, 2.45) is 5.10 Å². The van der Waals surface area contributed by atoms with Crippen molar-refractivity contribution in [3.05, 3.63) is 101 Å². The summed E-state index contributed by atoms with van der Waals surface area (Å²) in [5.41, 5.74) is 4.56. The molecule has 30 heavy (non-hydrogen) atoms. The largest absolute Gasteiger partial charge is 0.489 e. The molecule has 0 atom stereocenters. The molecule has 0 radical (unpaired) electrons. The van der Waals surface area contributed by atoms with Crippen LogP contribution in [0.2, 0.25) is 5.02 Å². The lowest BCUT2D eigenvalue weighted by atomic mass is 10.2. The van der Waals surface area contributed by atoms with Gasteiger partial charge in [-0.05, 0) is 48.0 Å². The number of halogens is 1. The Morgan fingerprint density at radius 2 is 1.63 bits per heavy atom. The van der Waals surface area contributed by atoms with Gasteiger partial charge in [0.05, 0.1) is 12.8 Å². The van der Waals surface area contributed by atoms with E-state index in [9.17, 15) is 9.59 Å². The maximum Gasteiger partial charge on any atom is 0.259 e. The number of carbonyl (C=O) groups excluding carboxylic acids is 2. The number of nitrogens with zero attached hydrogens (tertiary/aromatic N) is 1. The fraction of sp³-hybridized carbons (Fsp3) is 0.0870. The highest BCUT2D eigenvalue weighted by molar-refractivity contribution is 6.31. The van der Waals surface area contributed by atoms with Gasteiger partial charge in [-0.2, -0.15) is 5.10 Å². The van der Waals surface area contributed by atoms with Crippen molar-refractivity contribution in [2.45, 2.75) is 6.61 Å². The molecule has 2 N–H and O–H groups in total. The fourth-order valence-corrected chi connectivity index (χ4v) is 2.69. The summed E-state index contributed by atoms with van der Waals surface area (Å²) < 4.78 is 5.72. The minimum Gasteiger partial charge on any atom is -0.489 e. The van der Waals surface area contributed by atoms with E-state index in [0.717, 1.165) is 11.1 Å². The normalized spacial score (nSPS) is 10.6. The molecule has 0 fully saturated rings. The van der Waals surface area contributed by atoms with Crippen molar-refractivity contribution in [1.82, 2.24) is 10.7 Å². The SMILES string of the molecule is O=C(CNC(=O)c1ccccc1)N/N=C\c1ccc(OCc2ccccc2Cl)cc1. The van der Waals surface area contributed by atoms with E-state index in [1.54, 1.807) is 36.4 Å². The number of ether oxygens (including phenoxy) is 1. The molecule has 0 bridgehead atoms. The molecule has 0 aliphatic carbocycles. The average Bonchev–Trinajstić information content (AvgIpc) is 2.78. The van der Waals surface area contributed by atoms with Gasteiger partial charge in [-0.25, -0.2) is 5.43 Å². The zero-order valence-corrected chi connectivity index (χ0v) is 16.8. The van der Waals surface area contributed by atoms with E-state index in [1.165, 1.54) is 6.21 Å². The van der Waals surface area contributed by atoms with E-state index in [-0.39, 0.29) is 12.5 Å². The molecule has 3 rings (SSSR count). The first kappa shape index (κ1) is 21.1. The minimum absolute atomic E-state index is 0.167. The zero-order chi connectivity index (χ0) is 21.2. The Kier molecular flexibility index (Phi) is 7.58. The first-order valence-electron chi connectivity index (χ1n) is 9.23. The molecule has 6 nitrogen and oxygen atoms in total. The maximum absolute atomic E-state index is 11.9. The third-order valence-corrected chi connectivity index (χ3v) is 4.45. The Morgan fingerprint density at radius 1 is 0.933 bits per heavy atom. The molecular formula is C23H20ClN3O3. The summed E-state index contributed by atoms with van der Waals surface area (Å²) >= 11 is 6.11. The standard InChI is InChI=1S/C23H20ClN3O3/c24-21-9-5-4-8-19(21)16-30-20-12-10-17(11-13-20)14-26-27-22(28)15-25-23(29)18-6-2-1-3-7-18/h1-14H,15-16H2,(H,25,29)(H,27,28)/b26-14-. The molecule has 0 heterocycles. The Bertz CT molecular complexity index is 1020. The molecule has 3 aromatic carbocycles. The van der Waals surface area contributed by atoms with Crippen LogP contribution in [0.3, 0.4) is 0 Å². The minimum atomic E-state index is -0.421. The van der Waals surface area contributed by atoms with Crippen LogP contribution in [0.1, 0.15) is 21.5 Å². The van der Waals surface area contributed by atoms with Crippen LogP contribution in [0.5, 0.6) is 5.75 Å². The monoisotopic (exact) mass is 421 g/mol. The summed E-state index contributed by atoms with van der Waals surface area (Å²) in [6.45, 7) is 0.206. The number of amides is 2. The molecule has 0 saturated carbocycles. The molecule has 0 aromatic heterocycles. The molecule has 0 aliphatic rings. The summed E-state index contributed by atoms with van der Waals surface area (Å²) in [6.07, 6.45) is 1.51. The molecule has 7 heteroatoms. The molecular weight excluding hydrogens is 402 g/mol. The second-order valence-corrected chi connectivity index (χ2v) is 6.70. The summed E-state index contributed by atoms with van der Waals surface area (Å²) in [6, 6.07) is 23.4. The Balaban J connectivity index is 1.42. The number of hydrogen-bond donors (Lipinski definition) is 2. The number of benzene rings is 3. The van der Waals surface area contributed by atoms with Gasteiger partial charge in [0, 0.05) is 16.1 Å². The van der Waals surface area contributed by atoms with Gasteiger partial charge in [-0.3, -0.25) is 9.59 Å². The van der Waals surface area contributed by atoms with E-state index < -0.39 is 5.91 Å². The van der Waals surface area contributed by atoms with Crippen LogP contribution < -0.4 is 15.5 Å². The van der Waals surface area contributed by atoms with Gasteiger partial charge >= 0.3 is 0 Å². The van der Waals surface area contributed by atoms with Gasteiger partial charge in [0.25, 0.3) is 11.8 Å². The lowest BCUT2D eigenvalue weighted by Crippen LogP contribution is -2.34. The van der Waals surface area contributed by atoms with Crippen LogP contribution in [0.25, 0.3) is 0 Å². The summed E-state index contributed by atoms with van der Waals surface area (Å²) in [5, 5.41) is 7.09. The molecule has 0 unspecified atom stereocenters. The van der Waals surface area contributed by atoms with Crippen LogP contribution in [-0.4, -0.2) is 24.6 Å². The first-order chi connectivity index (χ1) is 14.6. The number of hydrazone groups is 1. The van der Waals surface area contributed by atoms with Gasteiger partial charge in [-0.1, -0.05) is 48.0 Å². The number of rotatable bonds is 8. The smallest absolute Gasteiger partial charge is 0.259 e. The highest BCUT2D eigenvalue weighted by Gasteiger charge is 2.06. The van der Waals surface area contributed by atoms with E-state index >= 15 is 0 Å². The van der Waals surface area contributed by atoms with E-state index in [0.29, 0.717) is 22.9 Å². The predicted octanol–water partition coefficient (Wildman–Crippen LogP) is 3.80. The molecule has 2 amide bonds. The van der Waals surface area contributed by atoms with Gasteiger partial charge in [0.2, 0.25) is 0 Å². The van der Waals surface area contributed by atoms with Crippen LogP contribution >= 0.6 is 11.6 Å². The lowest BCUT2D eigenvalue weighted by Gasteiger charge is -2.07. The van der Waals surface area contributed by atoms with Crippen molar-refractivity contribution < 1.29 is 14.3 Å². The third kappa shape index (κ3) is 6.46. The summed E-state index contributed by atoms with van der Waals surface area (Å²) in [5.74, 6) is -0.0444. The van der Waals surface area contributed by atoms with Crippen molar-refractivity contribution in [1.29, 1.82) is 0 Å². The Labute approximate surface area is 179 Å². The number of nitrogens with one attached hydrogen (secondary N) is 2. The topological polar surface area (TPSA) is 79.8 Å². The van der Waals surface area contributed by atoms with Crippen LogP contribution in [0, 0.1) is 0 Å². The second-order valence-electron chi connectivity index (χ2n) is 6.29. The molecule has 0 spiro atoms. The van der Waals surface area contributed by atoms with Gasteiger partial charge < -0.3 is 10.1 Å². The van der Waals surface area contributed by atoms with Crippen molar-refractivity contribution >= 4 is 29.6 Å². The number of hydrogen-bond acceptors (Lipinski definition) is 4. The lowest BCUT2D eigenvalue weighted by molar-refractivity contribution is -0.120. The Morgan fingerprint density at radius 3 is 2.37 bits per heavy atom. The van der Waals surface area contributed by atoms with Crippen LogP contribution in [0.15, 0.2) is 84.0 Å². The van der Waals surface area contributed by atoms with E-state index in [1.807, 2.05) is 42.5 Å². The van der Waals surface area contributed by atoms with Crippen LogP contribution in [-0.2, 0) is 11.4 Å². The molecule has 152 valence electrons. The van der Waals surface area contributed by atoms with Gasteiger partial charge in [0.15, 0.2) is 0 Å². The second kappa shape index (κ2) is 10.8. The zero-order valence-electron chi connectivity index (χ0n) is 16.0. The van der Waals surface area contributed by atoms with Crippen molar-refractivity contribution in [3.63, 3.8) is 0 Å². The molecule has 0 aliphatic heterocycles. The van der Waals surface area contributed by atoms with Crippen molar-refractivity contribution in [2.75, 3.05) is 6.54 Å². The quantitative estimate of drug-likeness (QED) is 0.429. The fourth-order valence-electron chi connectivity index (χ4n) is 2.50. The van der Waals surface area contributed by atoms with Crippen LogP contribution in [0.4, 0.5) is 0 Å². The summed E-state index contributed by atoms with van der Waals surface area (Å²) in [4.78, 5) is 23.7. The molecule has 3 aromatic rings. The maximum atomic E-state index is 11.9. The summed E-state index contributed by atoms with van der Waals surface area (Å²) in [7, 11) is 0. The predicted molar refractivity (Wildman–Crippen MR) is 117 cm³/mol.